The fourth-order valence-electron chi connectivity index (χ4n) is 4.63. The zero-order chi connectivity index (χ0) is 19.4. The summed E-state index contributed by atoms with van der Waals surface area (Å²) in [6, 6.07) is 6.98. The zero-order valence-corrected chi connectivity index (χ0v) is 16.1. The zero-order valence-electron chi connectivity index (χ0n) is 16.1. The highest BCUT2D eigenvalue weighted by atomic mass is 16.7. The van der Waals surface area contributed by atoms with Gasteiger partial charge in [0.05, 0.1) is 24.6 Å². The van der Waals surface area contributed by atoms with Crippen molar-refractivity contribution in [1.29, 1.82) is 0 Å². The minimum atomic E-state index is 0.260. The van der Waals surface area contributed by atoms with Gasteiger partial charge in [0.2, 0.25) is 6.79 Å². The summed E-state index contributed by atoms with van der Waals surface area (Å²) in [5.41, 5.74) is 9.26. The summed E-state index contributed by atoms with van der Waals surface area (Å²) in [7, 11) is 0. The predicted octanol–water partition coefficient (Wildman–Crippen LogP) is 2.44. The molecule has 2 aromatic heterocycles. The molecule has 2 N–H and O–H groups in total. The maximum atomic E-state index is 6.29. The number of fused-ring (bicyclic) bond motifs is 2. The van der Waals surface area contributed by atoms with E-state index in [1.165, 1.54) is 0 Å². The van der Waals surface area contributed by atoms with E-state index in [4.69, 9.17) is 19.9 Å². The third kappa shape index (κ3) is 2.74. The molecule has 0 amide bonds. The number of ether oxygens (including phenoxy) is 3. The van der Waals surface area contributed by atoms with Crippen LogP contribution < -0.4 is 15.2 Å². The van der Waals surface area contributed by atoms with Gasteiger partial charge < -0.3 is 24.5 Å². The van der Waals surface area contributed by atoms with Crippen LogP contribution in [-0.4, -0.2) is 58.6 Å². The van der Waals surface area contributed by atoms with Gasteiger partial charge in [-0.25, -0.2) is 9.97 Å². The lowest BCUT2D eigenvalue weighted by molar-refractivity contribution is -0.0730. The lowest BCUT2D eigenvalue weighted by Crippen LogP contribution is -2.51. The molecule has 0 saturated carbocycles. The number of likely N-dealkylation sites (tertiary alicyclic amines) is 1. The van der Waals surface area contributed by atoms with Crippen LogP contribution in [0.3, 0.4) is 0 Å². The molecule has 3 aromatic rings. The lowest BCUT2D eigenvalue weighted by atomic mass is 10.0. The van der Waals surface area contributed by atoms with Crippen LogP contribution in [0, 0.1) is 0 Å². The molecule has 2 fully saturated rings. The number of aromatic nitrogens is 3. The van der Waals surface area contributed by atoms with E-state index in [2.05, 4.69) is 25.6 Å². The molecule has 0 unspecified atom stereocenters. The second-order valence-corrected chi connectivity index (χ2v) is 7.93. The monoisotopic (exact) mass is 393 g/mol. The van der Waals surface area contributed by atoms with Gasteiger partial charge in [0, 0.05) is 30.9 Å². The molecule has 2 saturated heterocycles. The normalized spacial score (nSPS) is 20.3. The summed E-state index contributed by atoms with van der Waals surface area (Å²) in [5, 5.41) is 0.904. The first kappa shape index (κ1) is 17.1. The highest BCUT2D eigenvalue weighted by Crippen LogP contribution is 2.41. The molecule has 29 heavy (non-hydrogen) atoms. The number of hydrogen-bond acceptors (Lipinski definition) is 7. The Kier molecular flexibility index (Phi) is 3.88. The number of nitrogens with two attached hydrogens (primary N) is 1. The number of benzene rings is 1. The topological polar surface area (TPSA) is 87.7 Å². The molecule has 0 atom stereocenters. The largest absolute Gasteiger partial charge is 0.454 e. The number of nitrogen functional groups attached to an aromatic ring is 1. The first-order valence-electron chi connectivity index (χ1n) is 10.1. The highest BCUT2D eigenvalue weighted by molar-refractivity contribution is 6.01. The highest BCUT2D eigenvalue weighted by Gasteiger charge is 2.31. The SMILES string of the molecule is Nc1ncnc2c1c(-c1ccc3c(c1)OCO3)cn2C1CCN(C2COC2)CC1. The van der Waals surface area contributed by atoms with Gasteiger partial charge in [-0.3, -0.25) is 4.90 Å². The van der Waals surface area contributed by atoms with E-state index in [0.29, 0.717) is 17.9 Å². The molecule has 8 heteroatoms. The molecule has 150 valence electrons. The van der Waals surface area contributed by atoms with Crippen molar-refractivity contribution >= 4 is 16.9 Å². The van der Waals surface area contributed by atoms with Crippen LogP contribution in [0.4, 0.5) is 5.82 Å². The maximum absolute atomic E-state index is 6.29. The van der Waals surface area contributed by atoms with E-state index in [0.717, 1.165) is 72.8 Å². The van der Waals surface area contributed by atoms with Crippen LogP contribution in [0.2, 0.25) is 0 Å². The van der Waals surface area contributed by atoms with Gasteiger partial charge in [-0.1, -0.05) is 6.07 Å². The van der Waals surface area contributed by atoms with Crippen LogP contribution in [-0.2, 0) is 4.74 Å². The molecule has 3 aliphatic heterocycles. The fourth-order valence-corrected chi connectivity index (χ4v) is 4.63. The van der Waals surface area contributed by atoms with E-state index in [1.54, 1.807) is 6.33 Å². The molecule has 8 nitrogen and oxygen atoms in total. The van der Waals surface area contributed by atoms with Crippen molar-refractivity contribution < 1.29 is 14.2 Å². The summed E-state index contributed by atoms with van der Waals surface area (Å²) >= 11 is 0. The predicted molar refractivity (Wildman–Crippen MR) is 108 cm³/mol. The van der Waals surface area contributed by atoms with E-state index in [9.17, 15) is 0 Å². The molecule has 1 aromatic carbocycles. The Balaban J connectivity index is 1.38. The molecule has 0 bridgehead atoms. The fraction of sp³-hybridized carbons (Fsp3) is 0.429. The number of anilines is 1. The summed E-state index contributed by atoms with van der Waals surface area (Å²) in [4.78, 5) is 11.4. The number of nitrogens with zero attached hydrogens (tertiary/aromatic N) is 4. The molecule has 0 aliphatic carbocycles. The van der Waals surface area contributed by atoms with Crippen LogP contribution in [0.15, 0.2) is 30.7 Å². The van der Waals surface area contributed by atoms with Gasteiger partial charge >= 0.3 is 0 Å². The molecular formula is C21H23N5O3. The van der Waals surface area contributed by atoms with Crippen molar-refractivity contribution in [3.05, 3.63) is 30.7 Å². The molecule has 5 heterocycles. The van der Waals surface area contributed by atoms with Gasteiger partial charge in [0.25, 0.3) is 0 Å². The van der Waals surface area contributed by atoms with Crippen molar-refractivity contribution in [2.24, 2.45) is 0 Å². The summed E-state index contributed by atoms with van der Waals surface area (Å²) in [6.07, 6.45) is 5.91. The molecule has 3 aliphatic rings. The van der Waals surface area contributed by atoms with Crippen LogP contribution in [0.5, 0.6) is 11.5 Å². The average Bonchev–Trinajstić information content (AvgIpc) is 3.32. The first-order valence-corrected chi connectivity index (χ1v) is 10.1. The van der Waals surface area contributed by atoms with Crippen molar-refractivity contribution in [2.45, 2.75) is 24.9 Å². The summed E-state index contributed by atoms with van der Waals surface area (Å²) in [5.74, 6) is 2.04. The number of piperidine rings is 1. The molecular weight excluding hydrogens is 370 g/mol. The Morgan fingerprint density at radius 1 is 1.00 bits per heavy atom. The lowest BCUT2D eigenvalue weighted by Gasteiger charge is -2.41. The van der Waals surface area contributed by atoms with Crippen molar-refractivity contribution in [2.75, 3.05) is 38.8 Å². The van der Waals surface area contributed by atoms with Gasteiger partial charge in [-0.2, -0.15) is 0 Å². The van der Waals surface area contributed by atoms with E-state index < -0.39 is 0 Å². The van der Waals surface area contributed by atoms with Gasteiger partial charge in [-0.15, -0.1) is 0 Å². The van der Waals surface area contributed by atoms with E-state index >= 15 is 0 Å². The van der Waals surface area contributed by atoms with Gasteiger partial charge in [0.1, 0.15) is 17.8 Å². The first-order chi connectivity index (χ1) is 14.3. The minimum absolute atomic E-state index is 0.260. The van der Waals surface area contributed by atoms with E-state index in [-0.39, 0.29) is 6.79 Å². The second kappa shape index (κ2) is 6.60. The second-order valence-electron chi connectivity index (χ2n) is 7.93. The van der Waals surface area contributed by atoms with Gasteiger partial charge in [-0.05, 0) is 30.5 Å². The minimum Gasteiger partial charge on any atom is -0.454 e. The Bertz CT molecular complexity index is 1070. The van der Waals surface area contributed by atoms with Crippen molar-refractivity contribution in [3.8, 4) is 22.6 Å². The number of rotatable bonds is 3. The number of hydrogen-bond donors (Lipinski definition) is 1. The average molecular weight is 393 g/mol. The molecule has 0 radical (unpaired) electrons. The Hall–Kier alpha value is -2.84. The van der Waals surface area contributed by atoms with Crippen LogP contribution in [0.25, 0.3) is 22.2 Å². The standard InChI is InChI=1S/C21H23N5O3/c22-20-19-16(13-1-2-17-18(7-13)29-12-28-17)8-26(21(19)24-11-23-20)14-3-5-25(6-4-14)15-9-27-10-15/h1-2,7-8,11,14-15H,3-6,9-10,12H2,(H2,22,23,24). The third-order valence-corrected chi connectivity index (χ3v) is 6.35. The third-order valence-electron chi connectivity index (χ3n) is 6.35. The Morgan fingerprint density at radius 3 is 2.62 bits per heavy atom. The van der Waals surface area contributed by atoms with Crippen molar-refractivity contribution in [1.82, 2.24) is 19.4 Å². The smallest absolute Gasteiger partial charge is 0.231 e. The van der Waals surface area contributed by atoms with Crippen LogP contribution >= 0.6 is 0 Å². The quantitative estimate of drug-likeness (QED) is 0.731. The maximum Gasteiger partial charge on any atom is 0.231 e. The summed E-state index contributed by atoms with van der Waals surface area (Å²) < 4.78 is 18.7. The molecule has 6 rings (SSSR count). The van der Waals surface area contributed by atoms with Crippen molar-refractivity contribution in [3.63, 3.8) is 0 Å². The van der Waals surface area contributed by atoms with Crippen LogP contribution in [0.1, 0.15) is 18.9 Å². The van der Waals surface area contributed by atoms with Gasteiger partial charge in [0.15, 0.2) is 11.5 Å². The molecule has 0 spiro atoms. The Labute approximate surface area is 168 Å². The Morgan fingerprint density at radius 2 is 1.83 bits per heavy atom. The summed E-state index contributed by atoms with van der Waals surface area (Å²) in [6.45, 7) is 4.16. The van der Waals surface area contributed by atoms with E-state index in [1.807, 2.05) is 18.2 Å².